The van der Waals surface area contributed by atoms with Crippen molar-refractivity contribution < 1.29 is 9.47 Å². The molecule has 6 nitrogen and oxygen atoms in total. The minimum atomic E-state index is 0.446. The van der Waals surface area contributed by atoms with Crippen LogP contribution < -0.4 is 14.8 Å². The van der Waals surface area contributed by atoms with E-state index in [1.165, 1.54) is 0 Å². The molecule has 0 saturated heterocycles. The van der Waals surface area contributed by atoms with Crippen molar-refractivity contribution in [1.82, 2.24) is 14.9 Å². The molecule has 1 aliphatic heterocycles. The highest BCUT2D eigenvalue weighted by molar-refractivity contribution is 6.18. The van der Waals surface area contributed by atoms with E-state index >= 15 is 0 Å². The second-order valence-corrected chi connectivity index (χ2v) is 7.96. The van der Waals surface area contributed by atoms with Crippen molar-refractivity contribution in [3.63, 3.8) is 0 Å². The van der Waals surface area contributed by atoms with Crippen LogP contribution in [0.25, 0.3) is 11.3 Å². The number of nitrogens with zero attached hydrogens (tertiary/aromatic N) is 3. The smallest absolute Gasteiger partial charge is 0.227 e. The summed E-state index contributed by atoms with van der Waals surface area (Å²) < 4.78 is 11.8. The Labute approximate surface area is 193 Å². The molecule has 1 aliphatic rings. The Hall–Kier alpha value is -3.09. The van der Waals surface area contributed by atoms with Crippen LogP contribution in [0.1, 0.15) is 12.0 Å². The summed E-state index contributed by atoms with van der Waals surface area (Å²) in [6.45, 7) is 2.65. The predicted octanol–water partition coefficient (Wildman–Crippen LogP) is 5.28. The van der Waals surface area contributed by atoms with E-state index in [1.807, 2.05) is 42.5 Å². The van der Waals surface area contributed by atoms with Crippen LogP contribution in [-0.4, -0.2) is 47.6 Å². The zero-order valence-corrected chi connectivity index (χ0v) is 18.9. The maximum Gasteiger partial charge on any atom is 0.227 e. The number of anilines is 2. The lowest BCUT2D eigenvalue weighted by Gasteiger charge is -2.19. The molecule has 32 heavy (non-hydrogen) atoms. The van der Waals surface area contributed by atoms with Crippen LogP contribution in [0.4, 0.5) is 11.6 Å². The summed E-state index contributed by atoms with van der Waals surface area (Å²) in [5.41, 5.74) is 3.79. The molecule has 4 rings (SSSR count). The number of fused-ring (bicyclic) bond motifs is 7. The van der Waals surface area contributed by atoms with Gasteiger partial charge in [0.05, 0.1) is 18.2 Å². The highest BCUT2D eigenvalue weighted by Crippen LogP contribution is 2.27. The number of benzene rings is 2. The van der Waals surface area contributed by atoms with Crippen molar-refractivity contribution in [2.75, 3.05) is 38.0 Å². The summed E-state index contributed by atoms with van der Waals surface area (Å²) >= 11 is 5.83. The molecule has 6 bridgehead atoms. The van der Waals surface area contributed by atoms with Gasteiger partial charge in [-0.05, 0) is 49.9 Å². The van der Waals surface area contributed by atoms with Gasteiger partial charge in [-0.3, -0.25) is 4.90 Å². The average molecular weight is 451 g/mol. The number of hydrogen-bond donors (Lipinski definition) is 1. The van der Waals surface area contributed by atoms with Crippen LogP contribution in [0.3, 0.4) is 0 Å². The maximum absolute atomic E-state index is 5.93. The molecular formula is C25H27ClN4O2. The van der Waals surface area contributed by atoms with E-state index in [-0.39, 0.29) is 0 Å². The van der Waals surface area contributed by atoms with Gasteiger partial charge in [0, 0.05) is 36.1 Å². The second kappa shape index (κ2) is 11.0. The summed E-state index contributed by atoms with van der Waals surface area (Å²) in [6.07, 6.45) is 6.93. The van der Waals surface area contributed by atoms with Crippen molar-refractivity contribution in [1.29, 1.82) is 0 Å². The molecule has 0 radical (unpaired) electrons. The number of halogens is 1. The summed E-state index contributed by atoms with van der Waals surface area (Å²) in [6, 6.07) is 15.9. The number of hydrogen-bond acceptors (Lipinski definition) is 6. The van der Waals surface area contributed by atoms with Crippen molar-refractivity contribution in [2.45, 2.75) is 13.0 Å². The van der Waals surface area contributed by atoms with Crippen LogP contribution in [-0.2, 0) is 6.54 Å². The summed E-state index contributed by atoms with van der Waals surface area (Å²) in [7, 11) is 2.09. The van der Waals surface area contributed by atoms with Crippen LogP contribution in [0, 0.1) is 0 Å². The Balaban J connectivity index is 1.68. The van der Waals surface area contributed by atoms with E-state index in [1.54, 1.807) is 6.20 Å². The molecule has 0 saturated carbocycles. The Bertz CT molecular complexity index is 1070. The van der Waals surface area contributed by atoms with E-state index < -0.39 is 0 Å². The molecule has 3 aromatic rings. The monoisotopic (exact) mass is 450 g/mol. The van der Waals surface area contributed by atoms with Gasteiger partial charge in [-0.15, -0.1) is 11.6 Å². The van der Waals surface area contributed by atoms with Crippen molar-refractivity contribution >= 4 is 23.2 Å². The van der Waals surface area contributed by atoms with E-state index in [0.717, 1.165) is 53.5 Å². The van der Waals surface area contributed by atoms with Gasteiger partial charge < -0.3 is 14.8 Å². The predicted molar refractivity (Wildman–Crippen MR) is 129 cm³/mol. The lowest BCUT2D eigenvalue weighted by molar-refractivity contribution is 0.317. The van der Waals surface area contributed by atoms with Crippen molar-refractivity contribution in [2.24, 2.45) is 0 Å². The van der Waals surface area contributed by atoms with Crippen LogP contribution in [0.15, 0.2) is 66.9 Å². The third-order valence-corrected chi connectivity index (χ3v) is 5.17. The number of likely N-dealkylation sites (N-methyl/N-ethyl adjacent to an activating group) is 1. The number of nitrogens with one attached hydrogen (secondary N) is 1. The number of ether oxygens (including phenoxy) is 2. The summed E-state index contributed by atoms with van der Waals surface area (Å²) in [5, 5.41) is 3.33. The standard InChI is InChI=1S/C25H27ClN4O2/c1-30-13-3-2-4-14-31-22-7-5-6-19(17-22)23-10-12-27-25(29-23)28-21-8-9-24(32-15-11-26)20(16-21)18-30/h2-3,5-10,12,16-17H,4,11,13-15,18H2,1H3,(H,27,28,29). The minimum absolute atomic E-state index is 0.446. The van der Waals surface area contributed by atoms with Crippen molar-refractivity contribution in [3.05, 3.63) is 72.4 Å². The maximum atomic E-state index is 5.93. The molecule has 0 atom stereocenters. The lowest BCUT2D eigenvalue weighted by atomic mass is 10.1. The molecule has 7 heteroatoms. The Morgan fingerprint density at radius 1 is 1.16 bits per heavy atom. The van der Waals surface area contributed by atoms with Crippen LogP contribution in [0.2, 0.25) is 0 Å². The van der Waals surface area contributed by atoms with Gasteiger partial charge in [0.15, 0.2) is 0 Å². The third-order valence-electron chi connectivity index (χ3n) is 5.01. The first-order valence-electron chi connectivity index (χ1n) is 10.7. The zero-order chi connectivity index (χ0) is 22.2. The van der Waals surface area contributed by atoms with E-state index in [4.69, 9.17) is 26.1 Å². The topological polar surface area (TPSA) is 59.5 Å². The molecule has 0 amide bonds. The molecule has 0 aliphatic carbocycles. The molecule has 1 aromatic heterocycles. The third kappa shape index (κ3) is 5.99. The zero-order valence-electron chi connectivity index (χ0n) is 18.1. The SMILES string of the molecule is CN1CC=CCCOc2cccc(c2)-c2ccnc(n2)Nc2ccc(OCCCl)c(c2)C1. The van der Waals surface area contributed by atoms with Gasteiger partial charge >= 0.3 is 0 Å². The fourth-order valence-corrected chi connectivity index (χ4v) is 3.57. The molecule has 166 valence electrons. The minimum Gasteiger partial charge on any atom is -0.493 e. The summed E-state index contributed by atoms with van der Waals surface area (Å²) in [5.74, 6) is 2.65. The fourth-order valence-electron chi connectivity index (χ4n) is 3.50. The highest BCUT2D eigenvalue weighted by atomic mass is 35.5. The molecule has 0 fully saturated rings. The number of rotatable bonds is 3. The molecular weight excluding hydrogens is 424 g/mol. The van der Waals surface area contributed by atoms with Gasteiger partial charge in [0.25, 0.3) is 0 Å². The largest absolute Gasteiger partial charge is 0.493 e. The number of aromatic nitrogens is 2. The Morgan fingerprint density at radius 3 is 3.00 bits per heavy atom. The molecule has 2 aromatic carbocycles. The molecule has 0 spiro atoms. The van der Waals surface area contributed by atoms with Crippen LogP contribution >= 0.6 is 11.6 Å². The Morgan fingerprint density at radius 2 is 2.09 bits per heavy atom. The van der Waals surface area contributed by atoms with Crippen LogP contribution in [0.5, 0.6) is 11.5 Å². The van der Waals surface area contributed by atoms with Gasteiger partial charge in [-0.1, -0.05) is 24.3 Å². The van der Waals surface area contributed by atoms with E-state index in [0.29, 0.717) is 25.0 Å². The quantitative estimate of drug-likeness (QED) is 0.433. The summed E-state index contributed by atoms with van der Waals surface area (Å²) in [4.78, 5) is 11.3. The van der Waals surface area contributed by atoms with Gasteiger partial charge in [-0.2, -0.15) is 0 Å². The molecule has 1 N–H and O–H groups in total. The number of alkyl halides is 1. The first-order valence-corrected chi connectivity index (χ1v) is 11.2. The fraction of sp³-hybridized carbons (Fsp3) is 0.280. The normalized spacial score (nSPS) is 14.6. The highest BCUT2D eigenvalue weighted by Gasteiger charge is 2.10. The average Bonchev–Trinajstić information content (AvgIpc) is 2.81. The van der Waals surface area contributed by atoms with Gasteiger partial charge in [0.2, 0.25) is 5.95 Å². The molecule has 2 heterocycles. The van der Waals surface area contributed by atoms with Gasteiger partial charge in [0.1, 0.15) is 18.1 Å². The van der Waals surface area contributed by atoms with Crippen molar-refractivity contribution in [3.8, 4) is 22.8 Å². The van der Waals surface area contributed by atoms with E-state index in [2.05, 4.69) is 40.5 Å². The first-order chi connectivity index (χ1) is 15.7. The second-order valence-electron chi connectivity index (χ2n) is 7.58. The first kappa shape index (κ1) is 22.1. The molecule has 0 unspecified atom stereocenters. The van der Waals surface area contributed by atoms with E-state index in [9.17, 15) is 0 Å². The van der Waals surface area contributed by atoms with Gasteiger partial charge in [-0.25, -0.2) is 9.97 Å². The lowest BCUT2D eigenvalue weighted by Crippen LogP contribution is -2.18. The Kier molecular flexibility index (Phi) is 7.59.